The van der Waals surface area contributed by atoms with Crippen LogP contribution >= 0.6 is 0 Å². The topological polar surface area (TPSA) is 105 Å². The highest BCUT2D eigenvalue weighted by Gasteiger charge is 2.71. The minimum atomic E-state index is -0.814. The van der Waals surface area contributed by atoms with E-state index in [-0.39, 0.29) is 17.8 Å². The zero-order chi connectivity index (χ0) is 33.5. The van der Waals surface area contributed by atoms with Gasteiger partial charge in [0.05, 0.1) is 19.5 Å². The number of ether oxygens (including phenoxy) is 6. The van der Waals surface area contributed by atoms with E-state index >= 15 is 0 Å². The second kappa shape index (κ2) is 12.0. The molecule has 48 heavy (non-hydrogen) atoms. The Morgan fingerprint density at radius 3 is 2.17 bits per heavy atom. The summed E-state index contributed by atoms with van der Waals surface area (Å²) < 4.78 is 37.9. The minimum absolute atomic E-state index is 0.0797. The zero-order valence-electron chi connectivity index (χ0n) is 29.7. The monoisotopic (exact) mass is 673 g/mol. The molecule has 268 valence electrons. The van der Waals surface area contributed by atoms with Crippen molar-refractivity contribution in [3.63, 3.8) is 0 Å². The SMILES string of the molecule is CC(=N[C@@]1(C)O[C@@H]2O[C@]3(C)CCC4[C@H](C)CC[C@@H]([C@H]1C)[C@]42OO3)OC/C=C/COCC1=CO[C@@H]2O[C@]3(C)CCC4[C@H](C)CC[C@@H]1[C@]42OO3. The molecule has 11 nitrogen and oxygen atoms in total. The van der Waals surface area contributed by atoms with Gasteiger partial charge in [0.2, 0.25) is 17.9 Å². The van der Waals surface area contributed by atoms with Crippen molar-refractivity contribution in [1.82, 2.24) is 0 Å². The van der Waals surface area contributed by atoms with Crippen LogP contribution in [0.25, 0.3) is 0 Å². The van der Waals surface area contributed by atoms with E-state index in [2.05, 4.69) is 20.8 Å². The smallest absolute Gasteiger partial charge is 0.235 e. The zero-order valence-corrected chi connectivity index (χ0v) is 29.7. The molecule has 10 aliphatic rings. The Hall–Kier alpha value is -1.57. The molecular formula is C37H55NO10. The van der Waals surface area contributed by atoms with E-state index in [0.29, 0.717) is 49.4 Å². The Kier molecular flexibility index (Phi) is 8.40. The summed E-state index contributed by atoms with van der Waals surface area (Å²) in [5, 5.41) is 0. The molecule has 4 bridgehead atoms. The summed E-state index contributed by atoms with van der Waals surface area (Å²) in [6.07, 6.45) is 12.7. The van der Waals surface area contributed by atoms with Gasteiger partial charge in [0.25, 0.3) is 0 Å². The second-order valence-electron chi connectivity index (χ2n) is 16.5. The van der Waals surface area contributed by atoms with Crippen molar-refractivity contribution < 1.29 is 48.0 Å². The van der Waals surface area contributed by atoms with Crippen LogP contribution in [-0.4, -0.2) is 66.8 Å². The van der Waals surface area contributed by atoms with Crippen LogP contribution in [0.5, 0.6) is 0 Å². The lowest BCUT2D eigenvalue weighted by atomic mass is 9.57. The minimum Gasteiger partial charge on any atom is -0.477 e. The maximum absolute atomic E-state index is 6.76. The number of fused-ring (bicyclic) bond motifs is 4. The summed E-state index contributed by atoms with van der Waals surface area (Å²) in [5.41, 5.74) is -0.956. The van der Waals surface area contributed by atoms with Crippen molar-refractivity contribution in [3.05, 3.63) is 24.0 Å². The van der Waals surface area contributed by atoms with Gasteiger partial charge in [0, 0.05) is 43.4 Å². The molecular weight excluding hydrogens is 618 g/mol. The van der Waals surface area contributed by atoms with Crippen molar-refractivity contribution >= 4 is 5.90 Å². The molecule has 2 unspecified atom stereocenters. The molecule has 7 saturated heterocycles. The van der Waals surface area contributed by atoms with Gasteiger partial charge < -0.3 is 28.4 Å². The van der Waals surface area contributed by atoms with Gasteiger partial charge in [-0.25, -0.2) is 24.5 Å². The first-order valence-electron chi connectivity index (χ1n) is 18.4. The molecule has 0 aromatic rings. The molecule has 0 aromatic heterocycles. The number of rotatable bonds is 7. The van der Waals surface area contributed by atoms with Crippen LogP contribution in [0.15, 0.2) is 29.0 Å². The first-order chi connectivity index (χ1) is 22.9. The second-order valence-corrected chi connectivity index (χ2v) is 16.5. The third-order valence-electron chi connectivity index (χ3n) is 13.5. The van der Waals surface area contributed by atoms with Crippen LogP contribution < -0.4 is 0 Å². The van der Waals surface area contributed by atoms with Crippen molar-refractivity contribution in [2.45, 2.75) is 141 Å². The molecule has 10 rings (SSSR count). The maximum atomic E-state index is 6.76. The van der Waals surface area contributed by atoms with Crippen LogP contribution in [-0.2, 0) is 48.0 Å². The summed E-state index contributed by atoms with van der Waals surface area (Å²) in [5.74, 6) is 1.07. The lowest BCUT2D eigenvalue weighted by molar-refractivity contribution is -0.575. The first kappa shape index (κ1) is 33.6. The van der Waals surface area contributed by atoms with Gasteiger partial charge in [0.15, 0.2) is 29.1 Å². The highest BCUT2D eigenvalue weighted by molar-refractivity contribution is 5.73. The van der Waals surface area contributed by atoms with E-state index < -0.39 is 41.1 Å². The first-order valence-corrected chi connectivity index (χ1v) is 18.4. The Morgan fingerprint density at radius 1 is 0.771 bits per heavy atom. The maximum Gasteiger partial charge on any atom is 0.235 e. The molecule has 2 aliphatic carbocycles. The van der Waals surface area contributed by atoms with Crippen molar-refractivity contribution in [3.8, 4) is 0 Å². The Bertz CT molecular complexity index is 1340. The van der Waals surface area contributed by atoms with Crippen LogP contribution in [0.2, 0.25) is 0 Å². The normalized spacial score (nSPS) is 52.5. The fourth-order valence-corrected chi connectivity index (χ4v) is 10.7. The fraction of sp³-hybridized carbons (Fsp3) is 0.865. The summed E-state index contributed by atoms with van der Waals surface area (Å²) in [7, 11) is 0. The van der Waals surface area contributed by atoms with Crippen LogP contribution in [0.1, 0.15) is 99.8 Å². The molecule has 0 N–H and O–H groups in total. The van der Waals surface area contributed by atoms with Gasteiger partial charge in [-0.3, -0.25) is 0 Å². The van der Waals surface area contributed by atoms with E-state index in [1.54, 1.807) is 0 Å². The Balaban J connectivity index is 0.863. The molecule has 0 radical (unpaired) electrons. The molecule has 11 heteroatoms. The molecule has 2 saturated carbocycles. The molecule has 0 amide bonds. The summed E-state index contributed by atoms with van der Waals surface area (Å²) >= 11 is 0. The van der Waals surface area contributed by atoms with Crippen molar-refractivity contribution in [1.29, 1.82) is 0 Å². The van der Waals surface area contributed by atoms with Crippen LogP contribution in [0.4, 0.5) is 0 Å². The predicted octanol–water partition coefficient (Wildman–Crippen LogP) is 6.72. The number of hydrogen-bond donors (Lipinski definition) is 0. The van der Waals surface area contributed by atoms with E-state index in [4.69, 9.17) is 53.0 Å². The summed E-state index contributed by atoms with van der Waals surface area (Å²) in [6, 6.07) is 0. The lowest BCUT2D eigenvalue weighted by Gasteiger charge is -2.62. The fourth-order valence-electron chi connectivity index (χ4n) is 10.7. The Morgan fingerprint density at radius 2 is 1.42 bits per heavy atom. The van der Waals surface area contributed by atoms with E-state index in [1.165, 1.54) is 0 Å². The van der Waals surface area contributed by atoms with Crippen LogP contribution in [0, 0.1) is 41.4 Å². The molecule has 2 spiro atoms. The number of hydrogen-bond acceptors (Lipinski definition) is 11. The van der Waals surface area contributed by atoms with Gasteiger partial charge in [-0.05, 0) is 88.7 Å². The number of aliphatic imine (C=N–C) groups is 1. The highest BCUT2D eigenvalue weighted by Crippen LogP contribution is 2.63. The molecule has 9 fully saturated rings. The van der Waals surface area contributed by atoms with Crippen LogP contribution in [0.3, 0.4) is 0 Å². The summed E-state index contributed by atoms with van der Waals surface area (Å²) in [4.78, 5) is 29.4. The van der Waals surface area contributed by atoms with Crippen molar-refractivity contribution in [2.75, 3.05) is 19.8 Å². The predicted molar refractivity (Wildman–Crippen MR) is 172 cm³/mol. The van der Waals surface area contributed by atoms with Gasteiger partial charge in [-0.15, -0.1) is 0 Å². The third-order valence-corrected chi connectivity index (χ3v) is 13.5. The molecule has 14 atom stereocenters. The standard InChI is InChI=1S/C37H55NO10/c1-22-10-12-29-24(3)35(7,44-32-36(29)27(22)14-17-34(6,43-32)46-47-36)38-25(4)40-19-9-8-18-39-20-26-21-41-31-37-28(23(2)11-13-30(26)37)15-16-33(5,42-31)45-48-37/h8-9,21-24,27-32H,10-20H2,1-7H3/b9-8+,38-25?/t22-,23-,24-,27?,28?,29+,30+,31-,32+,33+,34+,35+,36-,37-/m1/s1. The molecule has 0 aromatic carbocycles. The molecule has 8 aliphatic heterocycles. The Labute approximate surface area is 284 Å². The van der Waals surface area contributed by atoms with E-state index in [1.807, 2.05) is 46.1 Å². The molecule has 8 heterocycles. The van der Waals surface area contributed by atoms with E-state index in [9.17, 15) is 0 Å². The summed E-state index contributed by atoms with van der Waals surface area (Å²) in [6.45, 7) is 16.0. The highest BCUT2D eigenvalue weighted by atomic mass is 17.3. The largest absolute Gasteiger partial charge is 0.477 e. The van der Waals surface area contributed by atoms with Gasteiger partial charge in [-0.1, -0.05) is 26.8 Å². The van der Waals surface area contributed by atoms with Gasteiger partial charge in [-0.2, -0.15) is 0 Å². The quantitative estimate of drug-likeness (QED) is 0.0951. The third kappa shape index (κ3) is 5.16. The average molecular weight is 674 g/mol. The lowest BCUT2D eigenvalue weighted by Crippen LogP contribution is -2.72. The van der Waals surface area contributed by atoms with Gasteiger partial charge >= 0.3 is 0 Å². The average Bonchev–Trinajstić information content (AvgIpc) is 3.42. The van der Waals surface area contributed by atoms with E-state index in [0.717, 1.165) is 56.9 Å². The number of nitrogens with zero attached hydrogens (tertiary/aromatic N) is 1. The van der Waals surface area contributed by atoms with Gasteiger partial charge in [0.1, 0.15) is 6.61 Å². The van der Waals surface area contributed by atoms with Crippen molar-refractivity contribution in [2.24, 2.45) is 46.4 Å².